The van der Waals surface area contributed by atoms with Crippen LogP contribution in [0.15, 0.2) is 48.5 Å². The summed E-state index contributed by atoms with van der Waals surface area (Å²) < 4.78 is 24.6. The molecule has 1 aliphatic heterocycles. The quantitative estimate of drug-likeness (QED) is 0.828. The van der Waals surface area contributed by atoms with E-state index in [1.165, 1.54) is 12.1 Å². The van der Waals surface area contributed by atoms with Crippen LogP contribution in [0, 0.1) is 5.82 Å². The Hall–Kier alpha value is -2.40. The summed E-state index contributed by atoms with van der Waals surface area (Å²) in [5.41, 5.74) is 1.44. The Morgan fingerprint density at radius 1 is 1.24 bits per heavy atom. The topological polar surface area (TPSA) is 38.8 Å². The summed E-state index contributed by atoms with van der Waals surface area (Å²) in [6.07, 6.45) is 0.634. The van der Waals surface area contributed by atoms with Crippen LogP contribution < -0.4 is 4.74 Å². The smallest absolute Gasteiger partial charge is 0.257 e. The molecular formula is C20H22FNO3. The molecule has 0 saturated carbocycles. The molecule has 1 unspecified atom stereocenters. The lowest BCUT2D eigenvalue weighted by atomic mass is 10.1. The summed E-state index contributed by atoms with van der Waals surface area (Å²) in [6, 6.07) is 13.5. The zero-order valence-corrected chi connectivity index (χ0v) is 14.3. The van der Waals surface area contributed by atoms with Gasteiger partial charge in [0.2, 0.25) is 0 Å². The molecule has 3 rings (SSSR count). The van der Waals surface area contributed by atoms with E-state index in [0.717, 1.165) is 12.0 Å². The van der Waals surface area contributed by atoms with Gasteiger partial charge < -0.3 is 14.4 Å². The largest absolute Gasteiger partial charge is 0.493 e. The average Bonchev–Trinajstić information content (AvgIpc) is 2.67. The number of hydrogen-bond donors (Lipinski definition) is 0. The van der Waals surface area contributed by atoms with Gasteiger partial charge in [0.1, 0.15) is 17.7 Å². The molecule has 1 heterocycles. The van der Waals surface area contributed by atoms with E-state index in [4.69, 9.17) is 9.47 Å². The molecule has 1 fully saturated rings. The Morgan fingerprint density at radius 2 is 2.00 bits per heavy atom. The zero-order valence-electron chi connectivity index (χ0n) is 14.3. The molecule has 25 heavy (non-hydrogen) atoms. The predicted molar refractivity (Wildman–Crippen MR) is 93.2 cm³/mol. The molecule has 1 amide bonds. The Labute approximate surface area is 147 Å². The normalized spacial score (nSPS) is 17.4. The Balaban J connectivity index is 1.75. The molecule has 0 radical (unpaired) electrons. The minimum atomic E-state index is -0.283. The van der Waals surface area contributed by atoms with Gasteiger partial charge in [-0.1, -0.05) is 31.2 Å². The van der Waals surface area contributed by atoms with E-state index in [0.29, 0.717) is 37.6 Å². The molecule has 0 bridgehead atoms. The standard InChI is InChI=1S/C20H22FNO3/c1-2-12-24-18-6-4-3-5-17(18)20(23)22-11-13-25-19(14-22)15-7-9-16(21)10-8-15/h3-10,19H,2,11-14H2,1H3. The third-order valence-electron chi connectivity index (χ3n) is 4.17. The number of para-hydroxylation sites is 1. The molecule has 0 spiro atoms. The first-order valence-electron chi connectivity index (χ1n) is 8.57. The highest BCUT2D eigenvalue weighted by molar-refractivity contribution is 5.97. The summed E-state index contributed by atoms with van der Waals surface area (Å²) >= 11 is 0. The van der Waals surface area contributed by atoms with Crippen molar-refractivity contribution in [2.45, 2.75) is 19.4 Å². The molecule has 1 atom stereocenters. The number of benzene rings is 2. The first-order valence-corrected chi connectivity index (χ1v) is 8.57. The first kappa shape index (κ1) is 17.4. The predicted octanol–water partition coefficient (Wildman–Crippen LogP) is 3.83. The highest BCUT2D eigenvalue weighted by Gasteiger charge is 2.27. The van der Waals surface area contributed by atoms with Gasteiger partial charge in [-0.15, -0.1) is 0 Å². The molecule has 0 aromatic heterocycles. The third kappa shape index (κ3) is 4.17. The van der Waals surface area contributed by atoms with Crippen LogP contribution in [0.4, 0.5) is 4.39 Å². The van der Waals surface area contributed by atoms with Crippen LogP contribution in [0.25, 0.3) is 0 Å². The van der Waals surface area contributed by atoms with Crippen molar-refractivity contribution in [1.29, 1.82) is 0 Å². The molecule has 5 heteroatoms. The summed E-state index contributed by atoms with van der Waals surface area (Å²) in [6.45, 7) is 4.02. The van der Waals surface area contributed by atoms with Gasteiger partial charge in [0.25, 0.3) is 5.91 Å². The van der Waals surface area contributed by atoms with Crippen LogP contribution in [-0.2, 0) is 4.74 Å². The van der Waals surface area contributed by atoms with Crippen molar-refractivity contribution in [2.75, 3.05) is 26.3 Å². The number of halogens is 1. The van der Waals surface area contributed by atoms with Crippen molar-refractivity contribution in [3.63, 3.8) is 0 Å². The van der Waals surface area contributed by atoms with Crippen LogP contribution in [0.1, 0.15) is 35.4 Å². The monoisotopic (exact) mass is 343 g/mol. The molecule has 0 N–H and O–H groups in total. The lowest BCUT2D eigenvalue weighted by molar-refractivity contribution is -0.0229. The lowest BCUT2D eigenvalue weighted by Crippen LogP contribution is -2.42. The fourth-order valence-electron chi connectivity index (χ4n) is 2.86. The Kier molecular flexibility index (Phi) is 5.66. The highest BCUT2D eigenvalue weighted by Crippen LogP contribution is 2.26. The van der Waals surface area contributed by atoms with E-state index in [-0.39, 0.29) is 17.8 Å². The fraction of sp³-hybridized carbons (Fsp3) is 0.350. The molecule has 4 nitrogen and oxygen atoms in total. The van der Waals surface area contributed by atoms with E-state index in [2.05, 4.69) is 0 Å². The van der Waals surface area contributed by atoms with E-state index >= 15 is 0 Å². The number of morpholine rings is 1. The highest BCUT2D eigenvalue weighted by atomic mass is 19.1. The number of amides is 1. The molecule has 1 saturated heterocycles. The number of rotatable bonds is 5. The van der Waals surface area contributed by atoms with Gasteiger partial charge in [0, 0.05) is 6.54 Å². The van der Waals surface area contributed by atoms with Crippen LogP contribution >= 0.6 is 0 Å². The molecule has 1 aliphatic rings. The minimum absolute atomic E-state index is 0.0675. The third-order valence-corrected chi connectivity index (χ3v) is 4.17. The molecule has 132 valence electrons. The van der Waals surface area contributed by atoms with E-state index < -0.39 is 0 Å². The van der Waals surface area contributed by atoms with Crippen LogP contribution in [0.2, 0.25) is 0 Å². The number of carbonyl (C=O) groups is 1. The average molecular weight is 343 g/mol. The minimum Gasteiger partial charge on any atom is -0.493 e. The van der Waals surface area contributed by atoms with Crippen molar-refractivity contribution >= 4 is 5.91 Å². The maximum atomic E-state index is 13.1. The van der Waals surface area contributed by atoms with Crippen molar-refractivity contribution in [3.8, 4) is 5.75 Å². The maximum absolute atomic E-state index is 13.1. The summed E-state index contributed by atoms with van der Waals surface area (Å²) in [4.78, 5) is 14.7. The van der Waals surface area contributed by atoms with Gasteiger partial charge in [-0.05, 0) is 36.2 Å². The van der Waals surface area contributed by atoms with Crippen molar-refractivity contribution in [1.82, 2.24) is 4.90 Å². The molecule has 0 aliphatic carbocycles. The Bertz CT molecular complexity index is 717. The first-order chi connectivity index (χ1) is 12.2. The van der Waals surface area contributed by atoms with Gasteiger partial charge in [-0.2, -0.15) is 0 Å². The molecular weight excluding hydrogens is 321 g/mol. The number of nitrogens with zero attached hydrogens (tertiary/aromatic N) is 1. The van der Waals surface area contributed by atoms with E-state index in [1.807, 2.05) is 25.1 Å². The lowest BCUT2D eigenvalue weighted by Gasteiger charge is -2.33. The molecule has 2 aromatic carbocycles. The van der Waals surface area contributed by atoms with Crippen molar-refractivity contribution in [2.24, 2.45) is 0 Å². The number of carbonyl (C=O) groups excluding carboxylic acids is 1. The van der Waals surface area contributed by atoms with Crippen LogP contribution in [0.5, 0.6) is 5.75 Å². The second-order valence-corrected chi connectivity index (χ2v) is 6.01. The molecule has 2 aromatic rings. The van der Waals surface area contributed by atoms with Crippen molar-refractivity contribution < 1.29 is 18.7 Å². The number of hydrogen-bond acceptors (Lipinski definition) is 3. The summed E-state index contributed by atoms with van der Waals surface area (Å²) in [7, 11) is 0. The van der Waals surface area contributed by atoms with E-state index in [1.54, 1.807) is 23.1 Å². The zero-order chi connectivity index (χ0) is 17.6. The Morgan fingerprint density at radius 3 is 2.76 bits per heavy atom. The van der Waals surface area contributed by atoms with Crippen LogP contribution in [0.3, 0.4) is 0 Å². The van der Waals surface area contributed by atoms with Gasteiger partial charge >= 0.3 is 0 Å². The maximum Gasteiger partial charge on any atom is 0.257 e. The second kappa shape index (κ2) is 8.12. The van der Waals surface area contributed by atoms with Gasteiger partial charge in [-0.3, -0.25) is 4.79 Å². The van der Waals surface area contributed by atoms with Crippen molar-refractivity contribution in [3.05, 3.63) is 65.5 Å². The fourth-order valence-corrected chi connectivity index (χ4v) is 2.86. The summed E-state index contributed by atoms with van der Waals surface area (Å²) in [5, 5.41) is 0. The van der Waals surface area contributed by atoms with E-state index in [9.17, 15) is 9.18 Å². The van der Waals surface area contributed by atoms with Gasteiger partial charge in [-0.25, -0.2) is 4.39 Å². The second-order valence-electron chi connectivity index (χ2n) is 6.01. The number of ether oxygens (including phenoxy) is 2. The van der Waals surface area contributed by atoms with Crippen LogP contribution in [-0.4, -0.2) is 37.1 Å². The summed E-state index contributed by atoms with van der Waals surface area (Å²) in [5.74, 6) is 0.260. The van der Waals surface area contributed by atoms with Gasteiger partial charge in [0.15, 0.2) is 0 Å². The van der Waals surface area contributed by atoms with Gasteiger partial charge in [0.05, 0.1) is 25.3 Å². The SMILES string of the molecule is CCCOc1ccccc1C(=O)N1CCOC(c2ccc(F)cc2)C1.